The molecule has 0 N–H and O–H groups in total. The summed E-state index contributed by atoms with van der Waals surface area (Å²) in [6.45, 7) is 4.66. The summed E-state index contributed by atoms with van der Waals surface area (Å²) in [4.78, 5) is 26.0. The third kappa shape index (κ3) is 4.95. The number of esters is 1. The molecule has 1 amide bonds. The molecule has 1 unspecified atom stereocenters. The Balaban J connectivity index is 1.96. The van der Waals surface area contributed by atoms with Gasteiger partial charge in [-0.05, 0) is 55.7 Å². The van der Waals surface area contributed by atoms with Gasteiger partial charge >= 0.3 is 12.1 Å². The molecule has 2 aromatic rings. The van der Waals surface area contributed by atoms with Gasteiger partial charge in [0.1, 0.15) is 17.6 Å². The highest BCUT2D eigenvalue weighted by molar-refractivity contribution is 5.70. The largest absolute Gasteiger partial charge is 0.493 e. The van der Waals surface area contributed by atoms with Gasteiger partial charge < -0.3 is 23.4 Å². The molecule has 31 heavy (non-hydrogen) atoms. The fraction of sp³-hybridized carbons (Fsp3) is 0.478. The second-order valence-electron chi connectivity index (χ2n) is 7.06. The summed E-state index contributed by atoms with van der Waals surface area (Å²) in [6.07, 6.45) is 0.900. The Bertz CT molecular complexity index is 921. The van der Waals surface area contributed by atoms with Crippen LogP contribution in [-0.4, -0.2) is 50.9 Å². The number of amides is 1. The van der Waals surface area contributed by atoms with Crippen molar-refractivity contribution in [3.8, 4) is 11.5 Å². The first-order valence-corrected chi connectivity index (χ1v) is 10.4. The highest BCUT2D eigenvalue weighted by Crippen LogP contribution is 2.41. The fourth-order valence-electron chi connectivity index (χ4n) is 3.79. The molecule has 168 valence electrons. The number of rotatable bonds is 8. The Morgan fingerprint density at radius 2 is 1.77 bits per heavy atom. The smallest absolute Gasteiger partial charge is 0.410 e. The van der Waals surface area contributed by atoms with E-state index in [0.29, 0.717) is 49.0 Å². The molecule has 8 nitrogen and oxygen atoms in total. The first-order valence-electron chi connectivity index (χ1n) is 10.4. The monoisotopic (exact) mass is 431 g/mol. The molecular formula is C23H29NO7. The molecule has 0 saturated heterocycles. The van der Waals surface area contributed by atoms with Crippen LogP contribution in [0.5, 0.6) is 11.5 Å². The van der Waals surface area contributed by atoms with Gasteiger partial charge in [0.15, 0.2) is 11.5 Å². The Hall–Kier alpha value is -3.16. The van der Waals surface area contributed by atoms with E-state index in [-0.39, 0.29) is 19.0 Å². The minimum Gasteiger partial charge on any atom is -0.493 e. The van der Waals surface area contributed by atoms with Crippen LogP contribution in [-0.2, 0) is 27.1 Å². The van der Waals surface area contributed by atoms with Crippen LogP contribution in [0.25, 0.3) is 0 Å². The number of furan rings is 1. The quantitative estimate of drug-likeness (QED) is 0.586. The maximum Gasteiger partial charge on any atom is 0.410 e. The van der Waals surface area contributed by atoms with Crippen molar-refractivity contribution >= 4 is 12.1 Å². The third-order valence-electron chi connectivity index (χ3n) is 5.21. The Kier molecular flexibility index (Phi) is 7.44. The minimum atomic E-state index is -0.473. The molecule has 1 aromatic heterocycles. The van der Waals surface area contributed by atoms with Gasteiger partial charge in [-0.15, -0.1) is 0 Å². The zero-order chi connectivity index (χ0) is 22.4. The van der Waals surface area contributed by atoms with Gasteiger partial charge in [0, 0.05) is 13.0 Å². The number of carbonyl (C=O) groups is 2. The van der Waals surface area contributed by atoms with E-state index in [9.17, 15) is 9.59 Å². The van der Waals surface area contributed by atoms with Crippen LogP contribution in [0.4, 0.5) is 4.79 Å². The van der Waals surface area contributed by atoms with Gasteiger partial charge in [0.05, 0.1) is 33.9 Å². The van der Waals surface area contributed by atoms with Gasteiger partial charge in [-0.3, -0.25) is 9.69 Å². The maximum absolute atomic E-state index is 12.7. The Morgan fingerprint density at radius 3 is 2.45 bits per heavy atom. The summed E-state index contributed by atoms with van der Waals surface area (Å²) < 4.78 is 27.3. The second kappa shape index (κ2) is 10.2. The lowest BCUT2D eigenvalue weighted by molar-refractivity contribution is -0.143. The number of nitrogens with zero attached hydrogens (tertiary/aromatic N) is 1. The Labute approximate surface area is 182 Å². The number of ether oxygens (including phenoxy) is 4. The van der Waals surface area contributed by atoms with Crippen molar-refractivity contribution in [3.63, 3.8) is 0 Å². The van der Waals surface area contributed by atoms with E-state index >= 15 is 0 Å². The molecular weight excluding hydrogens is 402 g/mol. The fourth-order valence-corrected chi connectivity index (χ4v) is 3.79. The molecule has 0 radical (unpaired) electrons. The molecule has 0 saturated carbocycles. The molecule has 1 aliphatic rings. The summed E-state index contributed by atoms with van der Waals surface area (Å²) >= 11 is 0. The van der Waals surface area contributed by atoms with Crippen molar-refractivity contribution in [2.75, 3.05) is 34.0 Å². The summed E-state index contributed by atoms with van der Waals surface area (Å²) in [5, 5.41) is 0. The van der Waals surface area contributed by atoms with Gasteiger partial charge in [-0.2, -0.15) is 0 Å². The predicted molar refractivity (Wildman–Crippen MR) is 112 cm³/mol. The van der Waals surface area contributed by atoms with Gasteiger partial charge in [0.25, 0.3) is 0 Å². The van der Waals surface area contributed by atoms with Crippen LogP contribution in [0.3, 0.4) is 0 Å². The molecule has 0 bridgehead atoms. The van der Waals surface area contributed by atoms with Crippen molar-refractivity contribution in [1.82, 2.24) is 4.90 Å². The lowest BCUT2D eigenvalue weighted by Crippen LogP contribution is -2.40. The summed E-state index contributed by atoms with van der Waals surface area (Å²) in [6, 6.07) is 7.01. The van der Waals surface area contributed by atoms with E-state index in [1.165, 1.54) is 0 Å². The van der Waals surface area contributed by atoms with Gasteiger partial charge in [-0.1, -0.05) is 0 Å². The number of methoxy groups -OCH3 is 2. The third-order valence-corrected chi connectivity index (χ3v) is 5.21. The highest BCUT2D eigenvalue weighted by atomic mass is 16.6. The van der Waals surface area contributed by atoms with Crippen molar-refractivity contribution in [3.05, 3.63) is 46.9 Å². The average Bonchev–Trinajstić information content (AvgIpc) is 3.24. The molecule has 1 aliphatic heterocycles. The second-order valence-corrected chi connectivity index (χ2v) is 7.06. The van der Waals surface area contributed by atoms with Crippen LogP contribution < -0.4 is 9.47 Å². The number of carbonyl (C=O) groups excluding carboxylic acids is 2. The summed E-state index contributed by atoms with van der Waals surface area (Å²) in [5.41, 5.74) is 1.94. The standard InChI is InChI=1S/C23H29NO7/c1-5-29-21(25)10-8-16-7-9-18(31-16)22-17-14-20(28-4)19(27-3)13-15(17)11-12-24(22)23(26)30-6-2/h7,9,13-14,22H,5-6,8,10-12H2,1-4H3. The zero-order valence-corrected chi connectivity index (χ0v) is 18.4. The molecule has 0 aliphatic carbocycles. The van der Waals surface area contributed by atoms with E-state index in [4.69, 9.17) is 23.4 Å². The predicted octanol–water partition coefficient (Wildman–Crippen LogP) is 3.90. The van der Waals surface area contributed by atoms with Gasteiger partial charge in [-0.25, -0.2) is 4.79 Å². The van der Waals surface area contributed by atoms with Crippen molar-refractivity contribution < 1.29 is 33.0 Å². The molecule has 8 heteroatoms. The lowest BCUT2D eigenvalue weighted by atomic mass is 9.90. The van der Waals surface area contributed by atoms with Crippen LogP contribution in [0, 0.1) is 0 Å². The van der Waals surface area contributed by atoms with Gasteiger partial charge in [0.2, 0.25) is 0 Å². The van der Waals surface area contributed by atoms with E-state index in [0.717, 1.165) is 11.1 Å². The molecule has 0 spiro atoms. The van der Waals surface area contributed by atoms with Crippen molar-refractivity contribution in [1.29, 1.82) is 0 Å². The first-order chi connectivity index (χ1) is 15.0. The van der Waals surface area contributed by atoms with E-state index in [1.54, 1.807) is 33.0 Å². The number of hydrogen-bond donors (Lipinski definition) is 0. The number of benzene rings is 1. The van der Waals surface area contributed by atoms with Crippen molar-refractivity contribution in [2.45, 2.75) is 39.2 Å². The van der Waals surface area contributed by atoms with E-state index in [2.05, 4.69) is 0 Å². The Morgan fingerprint density at radius 1 is 1.06 bits per heavy atom. The summed E-state index contributed by atoms with van der Waals surface area (Å²) in [5.74, 6) is 2.19. The van der Waals surface area contributed by atoms with E-state index < -0.39 is 12.1 Å². The molecule has 1 atom stereocenters. The number of aryl methyl sites for hydroxylation is 1. The zero-order valence-electron chi connectivity index (χ0n) is 18.4. The highest BCUT2D eigenvalue weighted by Gasteiger charge is 2.36. The number of hydrogen-bond acceptors (Lipinski definition) is 7. The SMILES string of the molecule is CCOC(=O)CCc1ccc(C2c3cc(OC)c(OC)cc3CCN2C(=O)OCC)o1. The maximum atomic E-state index is 12.7. The van der Waals surface area contributed by atoms with E-state index in [1.807, 2.05) is 24.3 Å². The molecule has 3 rings (SSSR count). The molecule has 0 fully saturated rings. The normalized spacial score (nSPS) is 15.2. The van der Waals surface area contributed by atoms with Crippen LogP contribution in [0.15, 0.2) is 28.7 Å². The molecule has 2 heterocycles. The van der Waals surface area contributed by atoms with Crippen LogP contribution in [0.2, 0.25) is 0 Å². The first kappa shape index (κ1) is 22.5. The lowest BCUT2D eigenvalue weighted by Gasteiger charge is -2.35. The van der Waals surface area contributed by atoms with Crippen molar-refractivity contribution in [2.24, 2.45) is 0 Å². The molecule has 1 aromatic carbocycles. The van der Waals surface area contributed by atoms with Crippen LogP contribution in [0.1, 0.15) is 49.0 Å². The average molecular weight is 431 g/mol. The minimum absolute atomic E-state index is 0.231. The van der Waals surface area contributed by atoms with Crippen LogP contribution >= 0.6 is 0 Å². The summed E-state index contributed by atoms with van der Waals surface area (Å²) in [7, 11) is 3.17. The number of fused-ring (bicyclic) bond motifs is 1. The topological polar surface area (TPSA) is 87.4 Å².